The quantitative estimate of drug-likeness (QED) is 0.922. The molecule has 1 saturated carbocycles. The van der Waals surface area contributed by atoms with Gasteiger partial charge in [-0.3, -0.25) is 4.68 Å². The topological polar surface area (TPSA) is 56.3 Å². The lowest BCUT2D eigenvalue weighted by Crippen LogP contribution is -2.65. The highest BCUT2D eigenvalue weighted by atomic mass is 16.5. The predicted octanol–water partition coefficient (Wildman–Crippen LogP) is 1.38. The van der Waals surface area contributed by atoms with Crippen LogP contribution in [0.5, 0.6) is 5.75 Å². The predicted molar refractivity (Wildman–Crippen MR) is 82.3 cm³/mol. The van der Waals surface area contributed by atoms with Crippen LogP contribution in [0.2, 0.25) is 0 Å². The summed E-state index contributed by atoms with van der Waals surface area (Å²) in [6, 6.07) is 6.23. The van der Waals surface area contributed by atoms with Gasteiger partial charge < -0.3 is 15.4 Å². The summed E-state index contributed by atoms with van der Waals surface area (Å²) < 4.78 is 8.01. The molecule has 0 bridgehead atoms. The molecule has 4 rings (SSSR count). The molecule has 0 unspecified atom stereocenters. The van der Waals surface area contributed by atoms with Crippen LogP contribution in [-0.4, -0.2) is 47.0 Å². The summed E-state index contributed by atoms with van der Waals surface area (Å²) in [4.78, 5) is 2.44. The van der Waals surface area contributed by atoms with Gasteiger partial charge in [-0.1, -0.05) is 0 Å². The molecule has 0 amide bonds. The molecule has 1 aliphatic carbocycles. The Labute approximate surface area is 124 Å². The van der Waals surface area contributed by atoms with Crippen molar-refractivity contribution in [3.05, 3.63) is 24.4 Å². The molecule has 2 aromatic rings. The highest BCUT2D eigenvalue weighted by Gasteiger charge is 2.52. The second-order valence-corrected chi connectivity index (χ2v) is 6.64. The van der Waals surface area contributed by atoms with Gasteiger partial charge in [-0.15, -0.1) is 0 Å². The summed E-state index contributed by atoms with van der Waals surface area (Å²) in [7, 11) is 1.96. The zero-order chi connectivity index (χ0) is 14.4. The minimum Gasteiger partial charge on any atom is -0.490 e. The molecule has 1 aromatic heterocycles. The van der Waals surface area contributed by atoms with Crippen LogP contribution in [0.15, 0.2) is 24.4 Å². The summed E-state index contributed by atoms with van der Waals surface area (Å²) >= 11 is 0. The van der Waals surface area contributed by atoms with Crippen LogP contribution in [0.25, 0.3) is 10.9 Å². The highest BCUT2D eigenvalue weighted by Crippen LogP contribution is 2.49. The third-order valence-corrected chi connectivity index (χ3v) is 4.91. The number of nitrogens with zero attached hydrogens (tertiary/aromatic N) is 3. The van der Waals surface area contributed by atoms with Crippen LogP contribution in [0.3, 0.4) is 0 Å². The van der Waals surface area contributed by atoms with E-state index in [4.69, 9.17) is 10.5 Å². The third-order valence-electron chi connectivity index (χ3n) is 4.91. The molecule has 1 aliphatic heterocycles. The standard InChI is InChI=1S/C16H22N4O/c1-19-15-6-13(3-2-12(15)9-18-19)21-14-7-16(8-14)10-20(11-16)5-4-17/h2-3,6,9,14H,4-5,7-8,10-11,17H2,1H3. The molecule has 5 heteroatoms. The van der Waals surface area contributed by atoms with Gasteiger partial charge in [0.1, 0.15) is 5.75 Å². The second-order valence-electron chi connectivity index (χ2n) is 6.64. The van der Waals surface area contributed by atoms with Crippen molar-refractivity contribution in [3.63, 3.8) is 0 Å². The van der Waals surface area contributed by atoms with Crippen molar-refractivity contribution in [2.75, 3.05) is 26.2 Å². The number of aryl methyl sites for hydroxylation is 1. The van der Waals surface area contributed by atoms with Gasteiger partial charge in [0.25, 0.3) is 0 Å². The van der Waals surface area contributed by atoms with Gasteiger partial charge in [0, 0.05) is 50.1 Å². The van der Waals surface area contributed by atoms with E-state index in [-0.39, 0.29) is 0 Å². The molecule has 21 heavy (non-hydrogen) atoms. The SMILES string of the molecule is Cn1ncc2ccc(OC3CC4(C3)CN(CCN)C4)cc21. The van der Waals surface area contributed by atoms with Crippen LogP contribution >= 0.6 is 0 Å². The summed E-state index contributed by atoms with van der Waals surface area (Å²) in [5, 5.41) is 5.43. The number of benzene rings is 1. The largest absolute Gasteiger partial charge is 0.490 e. The fraction of sp³-hybridized carbons (Fsp3) is 0.562. The van der Waals surface area contributed by atoms with Crippen molar-refractivity contribution < 1.29 is 4.74 Å². The lowest BCUT2D eigenvalue weighted by Gasteiger charge is -2.58. The maximum atomic E-state index is 6.12. The fourth-order valence-electron chi connectivity index (χ4n) is 3.88. The van der Waals surface area contributed by atoms with Crippen molar-refractivity contribution in [2.45, 2.75) is 18.9 Å². The zero-order valence-corrected chi connectivity index (χ0v) is 12.5. The summed E-state index contributed by atoms with van der Waals surface area (Å²) in [5.74, 6) is 0.962. The fourth-order valence-corrected chi connectivity index (χ4v) is 3.88. The normalized spacial score (nSPS) is 21.4. The van der Waals surface area contributed by atoms with E-state index in [1.807, 2.05) is 17.9 Å². The average molecular weight is 286 g/mol. The zero-order valence-electron chi connectivity index (χ0n) is 12.5. The van der Waals surface area contributed by atoms with Gasteiger partial charge in [-0.2, -0.15) is 5.10 Å². The molecule has 0 radical (unpaired) electrons. The van der Waals surface area contributed by atoms with E-state index in [0.29, 0.717) is 11.5 Å². The van der Waals surface area contributed by atoms with Gasteiger partial charge in [-0.25, -0.2) is 0 Å². The molecule has 2 fully saturated rings. The van der Waals surface area contributed by atoms with E-state index in [2.05, 4.69) is 28.2 Å². The van der Waals surface area contributed by atoms with E-state index in [0.717, 1.165) is 29.7 Å². The van der Waals surface area contributed by atoms with Crippen molar-refractivity contribution in [1.82, 2.24) is 14.7 Å². The smallest absolute Gasteiger partial charge is 0.121 e. The number of hydrogen-bond donors (Lipinski definition) is 1. The van der Waals surface area contributed by atoms with Crippen molar-refractivity contribution in [1.29, 1.82) is 0 Å². The number of hydrogen-bond acceptors (Lipinski definition) is 4. The summed E-state index contributed by atoms with van der Waals surface area (Å²) in [6.07, 6.45) is 4.61. The highest BCUT2D eigenvalue weighted by molar-refractivity contribution is 5.79. The Bertz CT molecular complexity index is 651. The summed E-state index contributed by atoms with van der Waals surface area (Å²) in [6.45, 7) is 4.20. The van der Waals surface area contributed by atoms with Crippen molar-refractivity contribution >= 4 is 10.9 Å². The van der Waals surface area contributed by atoms with Crippen LogP contribution in [0.1, 0.15) is 12.8 Å². The molecule has 1 aromatic carbocycles. The third kappa shape index (κ3) is 2.21. The number of ether oxygens (including phenoxy) is 1. The minimum absolute atomic E-state index is 0.371. The van der Waals surface area contributed by atoms with Gasteiger partial charge >= 0.3 is 0 Å². The lowest BCUT2D eigenvalue weighted by atomic mass is 9.62. The van der Waals surface area contributed by atoms with Crippen LogP contribution in [0, 0.1) is 5.41 Å². The monoisotopic (exact) mass is 286 g/mol. The Balaban J connectivity index is 1.36. The molecule has 5 nitrogen and oxygen atoms in total. The number of likely N-dealkylation sites (tertiary alicyclic amines) is 1. The van der Waals surface area contributed by atoms with Gasteiger partial charge in [0.05, 0.1) is 17.8 Å². The molecular formula is C16H22N4O. The molecule has 1 saturated heterocycles. The van der Waals surface area contributed by atoms with Gasteiger partial charge in [0.15, 0.2) is 0 Å². The van der Waals surface area contributed by atoms with E-state index >= 15 is 0 Å². The maximum absolute atomic E-state index is 6.12. The van der Waals surface area contributed by atoms with Crippen LogP contribution < -0.4 is 10.5 Å². The first-order valence-electron chi connectivity index (χ1n) is 7.68. The van der Waals surface area contributed by atoms with E-state index in [1.54, 1.807) is 0 Å². The average Bonchev–Trinajstić information content (AvgIpc) is 2.75. The van der Waals surface area contributed by atoms with Crippen molar-refractivity contribution in [3.8, 4) is 5.75 Å². The first-order chi connectivity index (χ1) is 10.2. The Morgan fingerprint density at radius 2 is 2.19 bits per heavy atom. The van der Waals surface area contributed by atoms with Gasteiger partial charge in [0.2, 0.25) is 0 Å². The molecule has 2 heterocycles. The number of nitrogens with two attached hydrogens (primary N) is 1. The molecule has 0 atom stereocenters. The Morgan fingerprint density at radius 1 is 1.38 bits per heavy atom. The van der Waals surface area contributed by atoms with Crippen LogP contribution in [0.4, 0.5) is 0 Å². The first-order valence-corrected chi connectivity index (χ1v) is 7.68. The Morgan fingerprint density at radius 3 is 2.95 bits per heavy atom. The molecule has 2 aliphatic rings. The lowest BCUT2D eigenvalue weighted by molar-refractivity contribution is -0.117. The molecular weight excluding hydrogens is 264 g/mol. The van der Waals surface area contributed by atoms with E-state index < -0.39 is 0 Å². The minimum atomic E-state index is 0.371. The first kappa shape index (κ1) is 13.1. The maximum Gasteiger partial charge on any atom is 0.121 e. The van der Waals surface area contributed by atoms with Gasteiger partial charge in [-0.05, 0) is 25.0 Å². The number of fused-ring (bicyclic) bond motifs is 1. The molecule has 112 valence electrons. The van der Waals surface area contributed by atoms with E-state index in [9.17, 15) is 0 Å². The Kier molecular flexibility index (Phi) is 2.94. The van der Waals surface area contributed by atoms with Crippen molar-refractivity contribution in [2.24, 2.45) is 18.2 Å². The molecule has 2 N–H and O–H groups in total. The van der Waals surface area contributed by atoms with E-state index in [1.165, 1.54) is 25.9 Å². The summed E-state index contributed by atoms with van der Waals surface area (Å²) in [5.41, 5.74) is 7.24. The molecule has 1 spiro atoms. The second kappa shape index (κ2) is 4.71. The van der Waals surface area contributed by atoms with Crippen LogP contribution in [-0.2, 0) is 7.05 Å². The number of rotatable bonds is 4. The number of aromatic nitrogens is 2. The Hall–Kier alpha value is -1.59.